The molecule has 0 amide bonds. The van der Waals surface area contributed by atoms with Gasteiger partial charge in [0, 0.05) is 5.57 Å². The van der Waals surface area contributed by atoms with Gasteiger partial charge in [0.15, 0.2) is 11.5 Å². The third kappa shape index (κ3) is 3.67. The molecule has 2 heterocycles. The number of hydrogen-bond acceptors (Lipinski definition) is 6. The van der Waals surface area contributed by atoms with E-state index in [0.29, 0.717) is 47.4 Å². The molecule has 2 aromatic rings. The first-order valence-electron chi connectivity index (χ1n) is 9.25. The number of rotatable bonds is 4. The Labute approximate surface area is 170 Å². The maximum atomic E-state index is 12.7. The fraction of sp³-hybridized carbons (Fsp3) is 0.286. The lowest BCUT2D eigenvalue weighted by Gasteiger charge is -2.19. The Kier molecular flexibility index (Phi) is 4.96. The van der Waals surface area contributed by atoms with Crippen LogP contribution in [0.25, 0.3) is 4.91 Å². The van der Waals surface area contributed by atoms with E-state index in [9.17, 15) is 8.42 Å². The molecule has 29 heavy (non-hydrogen) atoms. The van der Waals surface area contributed by atoms with Crippen LogP contribution in [-0.2, 0) is 10.0 Å². The zero-order valence-electron chi connectivity index (χ0n) is 16.4. The van der Waals surface area contributed by atoms with E-state index in [2.05, 4.69) is 9.71 Å². The predicted molar refractivity (Wildman–Crippen MR) is 111 cm³/mol. The second kappa shape index (κ2) is 7.44. The van der Waals surface area contributed by atoms with Gasteiger partial charge < -0.3 is 14.2 Å². The van der Waals surface area contributed by atoms with Gasteiger partial charge in [0.1, 0.15) is 29.7 Å². The SMILES string of the molecule is COc1ccc(C2=C(C)C(=NC(C)c3ccc4c(c3)OCCO4)NS2(=O)=O)cc1. The van der Waals surface area contributed by atoms with Crippen LogP contribution in [-0.4, -0.2) is 34.6 Å². The first-order chi connectivity index (χ1) is 13.9. The minimum absolute atomic E-state index is 0.230. The summed E-state index contributed by atoms with van der Waals surface area (Å²) in [6.07, 6.45) is 0. The molecule has 0 spiro atoms. The van der Waals surface area contributed by atoms with Gasteiger partial charge in [-0.2, -0.15) is 0 Å². The van der Waals surface area contributed by atoms with Crippen molar-refractivity contribution in [2.75, 3.05) is 20.3 Å². The maximum absolute atomic E-state index is 12.7. The zero-order chi connectivity index (χ0) is 20.6. The third-order valence-electron chi connectivity index (χ3n) is 4.92. The highest BCUT2D eigenvalue weighted by Crippen LogP contribution is 2.35. The highest BCUT2D eigenvalue weighted by Gasteiger charge is 2.33. The summed E-state index contributed by atoms with van der Waals surface area (Å²) in [6, 6.07) is 12.3. The fourth-order valence-electron chi connectivity index (χ4n) is 3.39. The molecule has 8 heteroatoms. The minimum Gasteiger partial charge on any atom is -0.497 e. The Morgan fingerprint density at radius 2 is 1.76 bits per heavy atom. The molecular formula is C21H22N2O5S. The molecule has 152 valence electrons. The normalized spacial score (nSPS) is 19.8. The van der Waals surface area contributed by atoms with Gasteiger partial charge in [-0.25, -0.2) is 8.42 Å². The molecule has 2 aromatic carbocycles. The standard InChI is InChI=1S/C21H22N2O5S/c1-13-20(15-4-7-17(26-3)8-5-15)29(24,25)23-21(13)22-14(2)16-6-9-18-19(12-16)28-11-10-27-18/h4-9,12,14H,10-11H2,1-3H3,(H,22,23). The Hall–Kier alpha value is -3.00. The summed E-state index contributed by atoms with van der Waals surface area (Å²) in [4.78, 5) is 4.86. The van der Waals surface area contributed by atoms with Crippen LogP contribution < -0.4 is 18.9 Å². The second-order valence-electron chi connectivity index (χ2n) is 6.84. The topological polar surface area (TPSA) is 86.2 Å². The van der Waals surface area contributed by atoms with Gasteiger partial charge in [0.05, 0.1) is 13.2 Å². The van der Waals surface area contributed by atoms with Gasteiger partial charge in [0.25, 0.3) is 10.0 Å². The summed E-state index contributed by atoms with van der Waals surface area (Å²) in [5.41, 5.74) is 2.08. The predicted octanol–water partition coefficient (Wildman–Crippen LogP) is 3.29. The molecule has 7 nitrogen and oxygen atoms in total. The van der Waals surface area contributed by atoms with Crippen LogP contribution in [0.1, 0.15) is 31.0 Å². The number of sulfonamides is 1. The summed E-state index contributed by atoms with van der Waals surface area (Å²) < 4.78 is 44.4. The number of nitrogens with one attached hydrogen (secondary N) is 1. The zero-order valence-corrected chi connectivity index (χ0v) is 17.2. The smallest absolute Gasteiger partial charge is 0.264 e. The van der Waals surface area contributed by atoms with Crippen LogP contribution in [0, 0.1) is 0 Å². The minimum atomic E-state index is -3.69. The van der Waals surface area contributed by atoms with Crippen LogP contribution >= 0.6 is 0 Å². The number of fused-ring (bicyclic) bond motifs is 1. The first kappa shape index (κ1) is 19.3. The van der Waals surface area contributed by atoms with Crippen molar-refractivity contribution in [1.82, 2.24) is 4.72 Å². The van der Waals surface area contributed by atoms with Crippen molar-refractivity contribution >= 4 is 20.8 Å². The lowest BCUT2D eigenvalue weighted by molar-refractivity contribution is 0.171. The van der Waals surface area contributed by atoms with Crippen LogP contribution in [0.15, 0.2) is 53.0 Å². The Morgan fingerprint density at radius 1 is 1.07 bits per heavy atom. The number of amidine groups is 1. The molecule has 0 saturated carbocycles. The molecular weight excluding hydrogens is 392 g/mol. The van der Waals surface area contributed by atoms with Gasteiger partial charge in [-0.1, -0.05) is 6.07 Å². The van der Waals surface area contributed by atoms with Crippen molar-refractivity contribution in [3.63, 3.8) is 0 Å². The van der Waals surface area contributed by atoms with Crippen LogP contribution in [0.2, 0.25) is 0 Å². The van der Waals surface area contributed by atoms with Crippen molar-refractivity contribution in [3.8, 4) is 17.2 Å². The number of hydrogen-bond donors (Lipinski definition) is 1. The van der Waals surface area contributed by atoms with Gasteiger partial charge in [0.2, 0.25) is 0 Å². The van der Waals surface area contributed by atoms with Crippen molar-refractivity contribution in [2.45, 2.75) is 19.9 Å². The summed E-state index contributed by atoms with van der Waals surface area (Å²) in [7, 11) is -2.12. The first-order valence-corrected chi connectivity index (χ1v) is 10.7. The average Bonchev–Trinajstić information content (AvgIpc) is 2.95. The highest BCUT2D eigenvalue weighted by molar-refractivity contribution is 8.00. The Bertz CT molecular complexity index is 1100. The molecule has 1 atom stereocenters. The Balaban J connectivity index is 1.67. The quantitative estimate of drug-likeness (QED) is 0.830. The number of benzene rings is 2. The van der Waals surface area contributed by atoms with Gasteiger partial charge in [-0.05, 0) is 61.4 Å². The van der Waals surface area contributed by atoms with Crippen molar-refractivity contribution in [1.29, 1.82) is 0 Å². The molecule has 2 aliphatic heterocycles. The fourth-order valence-corrected chi connectivity index (χ4v) is 4.90. The highest BCUT2D eigenvalue weighted by atomic mass is 32.2. The van der Waals surface area contributed by atoms with Crippen LogP contribution in [0.5, 0.6) is 17.2 Å². The maximum Gasteiger partial charge on any atom is 0.264 e. The summed E-state index contributed by atoms with van der Waals surface area (Å²) in [6.45, 7) is 4.70. The number of ether oxygens (including phenoxy) is 3. The van der Waals surface area contributed by atoms with E-state index in [1.807, 2.05) is 25.1 Å². The Morgan fingerprint density at radius 3 is 2.45 bits per heavy atom. The molecule has 0 saturated heterocycles. The van der Waals surface area contributed by atoms with E-state index < -0.39 is 10.0 Å². The number of methoxy groups -OCH3 is 1. The summed E-state index contributed by atoms with van der Waals surface area (Å²) in [5, 5.41) is 0. The molecule has 0 aromatic heterocycles. The molecule has 2 aliphatic rings. The molecule has 1 N–H and O–H groups in total. The van der Waals surface area contributed by atoms with Crippen molar-refractivity contribution in [3.05, 3.63) is 59.2 Å². The molecule has 0 bridgehead atoms. The lowest BCUT2D eigenvalue weighted by Crippen LogP contribution is -2.24. The summed E-state index contributed by atoms with van der Waals surface area (Å²) in [5.74, 6) is 2.40. The van der Waals surface area contributed by atoms with E-state index in [0.717, 1.165) is 5.56 Å². The largest absolute Gasteiger partial charge is 0.497 e. The van der Waals surface area contributed by atoms with Crippen LogP contribution in [0.4, 0.5) is 0 Å². The molecule has 1 unspecified atom stereocenters. The van der Waals surface area contributed by atoms with E-state index in [1.165, 1.54) is 0 Å². The average molecular weight is 414 g/mol. The monoisotopic (exact) mass is 414 g/mol. The lowest BCUT2D eigenvalue weighted by atomic mass is 10.1. The molecule has 0 radical (unpaired) electrons. The molecule has 4 rings (SSSR count). The van der Waals surface area contributed by atoms with Gasteiger partial charge in [-0.15, -0.1) is 0 Å². The van der Waals surface area contributed by atoms with Crippen LogP contribution in [0.3, 0.4) is 0 Å². The molecule has 0 aliphatic carbocycles. The van der Waals surface area contributed by atoms with Crippen molar-refractivity contribution in [2.24, 2.45) is 4.99 Å². The van der Waals surface area contributed by atoms with E-state index >= 15 is 0 Å². The number of nitrogens with zero attached hydrogens (tertiary/aromatic N) is 1. The molecule has 0 fully saturated rings. The second-order valence-corrected chi connectivity index (χ2v) is 8.46. The number of aliphatic imine (C=N–C) groups is 1. The third-order valence-corrected chi connectivity index (χ3v) is 6.46. The summed E-state index contributed by atoms with van der Waals surface area (Å²) >= 11 is 0. The van der Waals surface area contributed by atoms with Gasteiger partial charge >= 0.3 is 0 Å². The van der Waals surface area contributed by atoms with Gasteiger partial charge in [-0.3, -0.25) is 9.71 Å². The van der Waals surface area contributed by atoms with E-state index in [-0.39, 0.29) is 10.9 Å². The van der Waals surface area contributed by atoms with Crippen molar-refractivity contribution < 1.29 is 22.6 Å². The van der Waals surface area contributed by atoms with E-state index in [1.54, 1.807) is 38.3 Å². The van der Waals surface area contributed by atoms with E-state index in [4.69, 9.17) is 14.2 Å².